The first kappa shape index (κ1) is 77.8. The van der Waals surface area contributed by atoms with Gasteiger partial charge in [-0.15, -0.1) is 0 Å². The quantitative estimate of drug-likeness (QED) is 0.0261. The zero-order valence-corrected chi connectivity index (χ0v) is 53.7. The second-order valence-corrected chi connectivity index (χ2v) is 22.7. The fourth-order valence-electron chi connectivity index (χ4n) is 9.57. The van der Waals surface area contributed by atoms with Gasteiger partial charge in [-0.3, -0.25) is 14.4 Å². The Hall–Kier alpha value is -4.19. The van der Waals surface area contributed by atoms with Gasteiger partial charge in [0.1, 0.15) is 13.2 Å². The van der Waals surface area contributed by atoms with Gasteiger partial charge in [0.15, 0.2) is 6.10 Å². The van der Waals surface area contributed by atoms with E-state index < -0.39 is 6.10 Å². The minimum Gasteiger partial charge on any atom is -0.462 e. The Bertz CT molecular complexity index is 1690. The third-order valence-corrected chi connectivity index (χ3v) is 14.7. The Labute approximate surface area is 507 Å². The fourth-order valence-corrected chi connectivity index (χ4v) is 9.57. The van der Waals surface area contributed by atoms with Gasteiger partial charge in [0.25, 0.3) is 0 Å². The van der Waals surface area contributed by atoms with Crippen LogP contribution in [0.2, 0.25) is 0 Å². The van der Waals surface area contributed by atoms with Gasteiger partial charge >= 0.3 is 17.9 Å². The van der Waals surface area contributed by atoms with Crippen LogP contribution in [-0.4, -0.2) is 37.2 Å². The van der Waals surface area contributed by atoms with Crippen LogP contribution < -0.4 is 0 Å². The molecule has 0 radical (unpaired) electrons. The summed E-state index contributed by atoms with van der Waals surface area (Å²) < 4.78 is 17.0. The predicted molar refractivity (Wildman–Crippen MR) is 357 cm³/mol. The summed E-state index contributed by atoms with van der Waals surface area (Å²) in [5.41, 5.74) is 0. The highest BCUT2D eigenvalue weighted by Crippen LogP contribution is 2.16. The Balaban J connectivity index is 4.39. The Morgan fingerprint density at radius 1 is 0.256 bits per heavy atom. The van der Waals surface area contributed by atoms with Crippen molar-refractivity contribution in [2.24, 2.45) is 0 Å². The zero-order valence-electron chi connectivity index (χ0n) is 53.7. The molecule has 1 unspecified atom stereocenters. The van der Waals surface area contributed by atoms with E-state index in [-0.39, 0.29) is 31.1 Å². The van der Waals surface area contributed by atoms with E-state index in [1.54, 1.807) is 0 Å². The van der Waals surface area contributed by atoms with Crippen LogP contribution in [0.3, 0.4) is 0 Å². The molecule has 0 heterocycles. The molecule has 0 bridgehead atoms. The van der Waals surface area contributed by atoms with Crippen LogP contribution in [0.4, 0.5) is 0 Å². The maximum Gasteiger partial charge on any atom is 0.306 e. The van der Waals surface area contributed by atoms with Crippen molar-refractivity contribution in [3.63, 3.8) is 0 Å². The van der Waals surface area contributed by atoms with E-state index in [0.717, 1.165) is 128 Å². The number of allylic oxidation sites excluding steroid dienone is 20. The Morgan fingerprint density at radius 3 is 0.744 bits per heavy atom. The number of hydrogen-bond donors (Lipinski definition) is 0. The SMILES string of the molecule is CC/C=C\C/C=C\C/C=C\C/C=C\CCCCCCCCCCCCCCC(=O)OCC(COC(=O)CCCCCCCCC/C=C\C/C=C\CCCCCC)OC(=O)CCCCCCCCCC/C=C\C/C=C\C/C=C\C/C=C\CC. The number of esters is 3. The van der Waals surface area contributed by atoms with Crippen LogP contribution in [0.5, 0.6) is 0 Å². The average Bonchev–Trinajstić information content (AvgIpc) is 3.47. The number of rotatable bonds is 62. The fraction of sp³-hybridized carbons (Fsp3) is 0.697. The van der Waals surface area contributed by atoms with E-state index in [9.17, 15) is 14.4 Å². The monoisotopic (exact) mass is 1140 g/mol. The molecular weight excluding hydrogens is 1010 g/mol. The van der Waals surface area contributed by atoms with Gasteiger partial charge in [-0.05, 0) is 128 Å². The molecule has 1 atom stereocenters. The molecule has 0 amide bonds. The van der Waals surface area contributed by atoms with Crippen molar-refractivity contribution in [1.82, 2.24) is 0 Å². The predicted octanol–water partition coefficient (Wildman–Crippen LogP) is 23.9. The second-order valence-electron chi connectivity index (χ2n) is 22.7. The largest absolute Gasteiger partial charge is 0.462 e. The third kappa shape index (κ3) is 66.6. The first-order chi connectivity index (χ1) is 40.5. The summed E-state index contributed by atoms with van der Waals surface area (Å²) in [5, 5.41) is 0. The van der Waals surface area contributed by atoms with Crippen LogP contribution in [0, 0.1) is 0 Å². The van der Waals surface area contributed by atoms with E-state index in [2.05, 4.69) is 142 Å². The van der Waals surface area contributed by atoms with Crippen molar-refractivity contribution in [3.8, 4) is 0 Å². The Kier molecular flexibility index (Phi) is 65.8. The van der Waals surface area contributed by atoms with Gasteiger partial charge in [-0.1, -0.05) is 296 Å². The molecule has 468 valence electrons. The molecule has 0 fully saturated rings. The molecule has 0 aliphatic rings. The van der Waals surface area contributed by atoms with Crippen molar-refractivity contribution in [3.05, 3.63) is 122 Å². The molecule has 82 heavy (non-hydrogen) atoms. The van der Waals surface area contributed by atoms with Gasteiger partial charge in [-0.25, -0.2) is 0 Å². The highest BCUT2D eigenvalue weighted by atomic mass is 16.6. The van der Waals surface area contributed by atoms with Gasteiger partial charge in [0.05, 0.1) is 0 Å². The summed E-state index contributed by atoms with van der Waals surface area (Å²) in [5.74, 6) is -0.893. The highest BCUT2D eigenvalue weighted by molar-refractivity contribution is 5.71. The lowest BCUT2D eigenvalue weighted by Gasteiger charge is -2.18. The van der Waals surface area contributed by atoms with Gasteiger partial charge in [0.2, 0.25) is 0 Å². The summed E-state index contributed by atoms with van der Waals surface area (Å²) in [6.45, 7) is 6.42. The number of ether oxygens (including phenoxy) is 3. The summed E-state index contributed by atoms with van der Waals surface area (Å²) in [6, 6.07) is 0. The number of hydrogen-bond acceptors (Lipinski definition) is 6. The second kappa shape index (κ2) is 69.3. The van der Waals surface area contributed by atoms with Gasteiger partial charge in [0, 0.05) is 19.3 Å². The highest BCUT2D eigenvalue weighted by Gasteiger charge is 2.19. The Morgan fingerprint density at radius 2 is 0.476 bits per heavy atom. The lowest BCUT2D eigenvalue weighted by molar-refractivity contribution is -0.167. The van der Waals surface area contributed by atoms with Crippen LogP contribution >= 0.6 is 0 Å². The maximum atomic E-state index is 13.0. The van der Waals surface area contributed by atoms with Crippen LogP contribution in [0.25, 0.3) is 0 Å². The molecule has 0 saturated carbocycles. The van der Waals surface area contributed by atoms with Crippen LogP contribution in [-0.2, 0) is 28.6 Å². The normalized spacial score (nSPS) is 12.9. The molecule has 0 aromatic rings. The molecule has 0 aliphatic carbocycles. The maximum absolute atomic E-state index is 13.0. The van der Waals surface area contributed by atoms with Crippen molar-refractivity contribution >= 4 is 17.9 Å². The minimum atomic E-state index is -0.792. The molecule has 0 aliphatic heterocycles. The number of carbonyl (C=O) groups excluding carboxylic acids is 3. The molecule has 6 heteroatoms. The molecule has 0 spiro atoms. The third-order valence-electron chi connectivity index (χ3n) is 14.7. The summed E-state index contributed by atoms with van der Waals surface area (Å²) in [6.07, 6.45) is 96.3. The van der Waals surface area contributed by atoms with E-state index >= 15 is 0 Å². The van der Waals surface area contributed by atoms with Crippen molar-refractivity contribution in [1.29, 1.82) is 0 Å². The lowest BCUT2D eigenvalue weighted by atomic mass is 10.0. The van der Waals surface area contributed by atoms with Gasteiger partial charge in [-0.2, -0.15) is 0 Å². The van der Waals surface area contributed by atoms with E-state index in [4.69, 9.17) is 14.2 Å². The summed E-state index contributed by atoms with van der Waals surface area (Å²) in [4.78, 5) is 38.5. The smallest absolute Gasteiger partial charge is 0.306 e. The molecule has 0 aromatic heterocycles. The molecule has 0 rings (SSSR count). The van der Waals surface area contributed by atoms with Crippen LogP contribution in [0.1, 0.15) is 323 Å². The van der Waals surface area contributed by atoms with E-state index in [1.807, 2.05) is 0 Å². The topological polar surface area (TPSA) is 78.9 Å². The minimum absolute atomic E-state index is 0.0859. The van der Waals surface area contributed by atoms with Crippen molar-refractivity contribution < 1.29 is 28.6 Å². The number of unbranched alkanes of at least 4 members (excludes halogenated alkanes) is 31. The average molecular weight is 1140 g/mol. The van der Waals surface area contributed by atoms with Gasteiger partial charge < -0.3 is 14.2 Å². The summed E-state index contributed by atoms with van der Waals surface area (Å²) >= 11 is 0. The zero-order chi connectivity index (χ0) is 59.2. The summed E-state index contributed by atoms with van der Waals surface area (Å²) in [7, 11) is 0. The molecule has 6 nitrogen and oxygen atoms in total. The molecule has 0 N–H and O–H groups in total. The molecule has 0 aromatic carbocycles. The van der Waals surface area contributed by atoms with Crippen molar-refractivity contribution in [2.45, 2.75) is 329 Å². The van der Waals surface area contributed by atoms with E-state index in [0.29, 0.717) is 19.3 Å². The standard InChI is InChI=1S/C76H128O6/c1-4-7-10-13-16-19-22-25-28-31-34-36-37-38-39-41-42-45-48-51-54-57-60-63-66-69-75(78)81-72-73(71-80-74(77)68-65-62-59-56-53-50-47-44-33-30-27-24-21-18-15-12-9-6-3)82-76(79)70-67-64-61-58-55-52-49-46-43-40-35-32-29-26-23-20-17-14-11-8-5-2/h7-8,10-11,16-17,19-21,24-26,28-30,33-36,40,73H,4-6,9,12-15,18,22-23,27,31-32,37-39,41-72H2,1-3H3/b10-7-,11-8-,19-16-,20-17-,24-21-,28-25-,29-26-,33-30-,36-34-,40-35-. The first-order valence-electron chi connectivity index (χ1n) is 34.5. The lowest BCUT2D eigenvalue weighted by Crippen LogP contribution is -2.30. The molecule has 0 saturated heterocycles. The molecular formula is C76H128O6. The van der Waals surface area contributed by atoms with E-state index in [1.165, 1.54) is 154 Å². The van der Waals surface area contributed by atoms with Crippen molar-refractivity contribution in [2.75, 3.05) is 13.2 Å². The van der Waals surface area contributed by atoms with Crippen LogP contribution in [0.15, 0.2) is 122 Å². The number of carbonyl (C=O) groups is 3. The first-order valence-corrected chi connectivity index (χ1v) is 34.5.